The Balaban J connectivity index is 0.00000225. The molecule has 6 heteroatoms. The fourth-order valence-corrected chi connectivity index (χ4v) is 1.25. The maximum absolute atomic E-state index is 12.5. The number of alkyl halides is 3. The smallest absolute Gasteiger partial charge is 0.416 e. The normalized spacial score (nSPS) is 10.8. The van der Waals surface area contributed by atoms with Gasteiger partial charge in [0.05, 0.1) is 12.2 Å². The number of halogens is 4. The van der Waals surface area contributed by atoms with Gasteiger partial charge >= 0.3 is 6.18 Å². The standard InChI is InChI=1S/C10H12F3NO.ClH/c1-2-15-8-4-3-7(6-14)9(5-8)10(11,12)13;/h3-5H,2,6,14H2,1H3;1H. The number of hydrogen-bond donors (Lipinski definition) is 1. The van der Waals surface area contributed by atoms with Crippen LogP contribution in [-0.4, -0.2) is 6.61 Å². The topological polar surface area (TPSA) is 35.2 Å². The maximum Gasteiger partial charge on any atom is 0.416 e. The number of benzene rings is 1. The van der Waals surface area contributed by atoms with E-state index in [4.69, 9.17) is 10.5 Å². The Labute approximate surface area is 98.0 Å². The molecule has 0 spiro atoms. The summed E-state index contributed by atoms with van der Waals surface area (Å²) >= 11 is 0. The van der Waals surface area contributed by atoms with Gasteiger partial charge in [-0.25, -0.2) is 0 Å². The molecular formula is C10H13ClF3NO. The van der Waals surface area contributed by atoms with Crippen molar-refractivity contribution in [1.29, 1.82) is 0 Å². The van der Waals surface area contributed by atoms with Gasteiger partial charge in [0.2, 0.25) is 0 Å². The quantitative estimate of drug-likeness (QED) is 0.901. The monoisotopic (exact) mass is 255 g/mol. The van der Waals surface area contributed by atoms with Gasteiger partial charge in [0.15, 0.2) is 0 Å². The highest BCUT2D eigenvalue weighted by Gasteiger charge is 2.33. The SMILES string of the molecule is CCOc1ccc(CN)c(C(F)(F)F)c1.Cl. The van der Waals surface area contributed by atoms with E-state index in [0.29, 0.717) is 6.61 Å². The summed E-state index contributed by atoms with van der Waals surface area (Å²) in [6, 6.07) is 3.81. The van der Waals surface area contributed by atoms with Crippen molar-refractivity contribution >= 4 is 12.4 Å². The molecule has 0 saturated heterocycles. The van der Waals surface area contributed by atoms with Crippen molar-refractivity contribution in [2.24, 2.45) is 5.73 Å². The van der Waals surface area contributed by atoms with E-state index in [1.54, 1.807) is 6.92 Å². The Morgan fingerprint density at radius 3 is 2.38 bits per heavy atom. The molecule has 0 unspecified atom stereocenters. The number of ether oxygens (including phenoxy) is 1. The van der Waals surface area contributed by atoms with E-state index >= 15 is 0 Å². The van der Waals surface area contributed by atoms with E-state index in [1.807, 2.05) is 0 Å². The van der Waals surface area contributed by atoms with Crippen LogP contribution in [0, 0.1) is 0 Å². The largest absolute Gasteiger partial charge is 0.494 e. The van der Waals surface area contributed by atoms with Crippen LogP contribution in [0.3, 0.4) is 0 Å². The summed E-state index contributed by atoms with van der Waals surface area (Å²) in [5, 5.41) is 0. The van der Waals surface area contributed by atoms with Crippen LogP contribution in [0.1, 0.15) is 18.1 Å². The lowest BCUT2D eigenvalue weighted by atomic mass is 10.1. The molecule has 0 amide bonds. The summed E-state index contributed by atoms with van der Waals surface area (Å²) < 4.78 is 42.6. The zero-order valence-electron chi connectivity index (χ0n) is 8.67. The van der Waals surface area contributed by atoms with Crippen LogP contribution in [0.15, 0.2) is 18.2 Å². The average Bonchev–Trinajstić information content (AvgIpc) is 2.17. The van der Waals surface area contributed by atoms with Crippen molar-refractivity contribution in [2.75, 3.05) is 6.61 Å². The molecule has 0 aliphatic rings. The summed E-state index contributed by atoms with van der Waals surface area (Å²) in [5.41, 5.74) is 4.58. The maximum atomic E-state index is 12.5. The number of hydrogen-bond acceptors (Lipinski definition) is 2. The average molecular weight is 256 g/mol. The number of nitrogens with two attached hydrogens (primary N) is 1. The van der Waals surface area contributed by atoms with Gasteiger partial charge in [0, 0.05) is 6.54 Å². The van der Waals surface area contributed by atoms with E-state index in [9.17, 15) is 13.2 Å². The van der Waals surface area contributed by atoms with E-state index in [2.05, 4.69) is 0 Å². The predicted octanol–water partition coefficient (Wildman–Crippen LogP) is 2.98. The van der Waals surface area contributed by atoms with Crippen LogP contribution in [-0.2, 0) is 12.7 Å². The predicted molar refractivity (Wildman–Crippen MR) is 57.8 cm³/mol. The summed E-state index contributed by atoms with van der Waals surface area (Å²) in [6.07, 6.45) is -4.39. The van der Waals surface area contributed by atoms with Gasteiger partial charge < -0.3 is 10.5 Å². The summed E-state index contributed by atoms with van der Waals surface area (Å²) in [5.74, 6) is 0.210. The molecule has 16 heavy (non-hydrogen) atoms. The first-order chi connectivity index (χ1) is 6.99. The minimum atomic E-state index is -4.39. The molecule has 0 bridgehead atoms. The molecule has 1 aromatic carbocycles. The van der Waals surface area contributed by atoms with Crippen molar-refractivity contribution in [3.63, 3.8) is 0 Å². The molecule has 0 aromatic heterocycles. The van der Waals surface area contributed by atoms with Crippen molar-refractivity contribution < 1.29 is 17.9 Å². The van der Waals surface area contributed by atoms with Crippen LogP contribution < -0.4 is 10.5 Å². The second kappa shape index (κ2) is 5.96. The van der Waals surface area contributed by atoms with Gasteiger partial charge in [0.1, 0.15) is 5.75 Å². The Bertz CT molecular complexity index is 341. The Hall–Kier alpha value is -0.940. The van der Waals surface area contributed by atoms with Gasteiger partial charge in [-0.05, 0) is 24.6 Å². The number of rotatable bonds is 3. The molecule has 92 valence electrons. The zero-order valence-corrected chi connectivity index (χ0v) is 9.49. The van der Waals surface area contributed by atoms with Gasteiger partial charge in [-0.3, -0.25) is 0 Å². The Morgan fingerprint density at radius 2 is 1.94 bits per heavy atom. The minimum Gasteiger partial charge on any atom is -0.494 e. The lowest BCUT2D eigenvalue weighted by molar-refractivity contribution is -0.138. The molecule has 1 rings (SSSR count). The van der Waals surface area contributed by atoms with E-state index in [0.717, 1.165) is 6.07 Å². The van der Waals surface area contributed by atoms with Gasteiger partial charge in [-0.2, -0.15) is 13.2 Å². The molecule has 0 radical (unpaired) electrons. The second-order valence-electron chi connectivity index (χ2n) is 2.95. The molecule has 0 aliphatic carbocycles. The molecule has 0 aliphatic heterocycles. The van der Waals surface area contributed by atoms with Crippen LogP contribution in [0.4, 0.5) is 13.2 Å². The zero-order chi connectivity index (χ0) is 11.5. The summed E-state index contributed by atoms with van der Waals surface area (Å²) in [7, 11) is 0. The molecule has 0 fully saturated rings. The molecule has 1 aromatic rings. The van der Waals surface area contributed by atoms with Crippen molar-refractivity contribution in [3.05, 3.63) is 29.3 Å². The van der Waals surface area contributed by atoms with Crippen LogP contribution in [0.2, 0.25) is 0 Å². The Morgan fingerprint density at radius 1 is 1.31 bits per heavy atom. The summed E-state index contributed by atoms with van der Waals surface area (Å²) in [4.78, 5) is 0. The Kier molecular flexibility index (Phi) is 5.61. The van der Waals surface area contributed by atoms with E-state index < -0.39 is 11.7 Å². The first-order valence-corrected chi connectivity index (χ1v) is 4.52. The second-order valence-corrected chi connectivity index (χ2v) is 2.95. The lowest BCUT2D eigenvalue weighted by Gasteiger charge is -2.13. The van der Waals surface area contributed by atoms with Crippen LogP contribution in [0.25, 0.3) is 0 Å². The summed E-state index contributed by atoms with van der Waals surface area (Å²) in [6.45, 7) is 1.91. The van der Waals surface area contributed by atoms with Crippen molar-refractivity contribution in [2.45, 2.75) is 19.6 Å². The third kappa shape index (κ3) is 3.57. The van der Waals surface area contributed by atoms with Crippen molar-refractivity contribution in [1.82, 2.24) is 0 Å². The highest BCUT2D eigenvalue weighted by Crippen LogP contribution is 2.34. The first kappa shape index (κ1) is 15.1. The van der Waals surface area contributed by atoms with Crippen LogP contribution in [0.5, 0.6) is 5.75 Å². The minimum absolute atomic E-state index is 0. The molecule has 0 heterocycles. The third-order valence-electron chi connectivity index (χ3n) is 1.92. The van der Waals surface area contributed by atoms with Gasteiger partial charge in [0.25, 0.3) is 0 Å². The van der Waals surface area contributed by atoms with Gasteiger partial charge in [-0.1, -0.05) is 6.07 Å². The molecule has 0 saturated carbocycles. The lowest BCUT2D eigenvalue weighted by Crippen LogP contribution is -2.12. The molecular weight excluding hydrogens is 243 g/mol. The highest BCUT2D eigenvalue weighted by molar-refractivity contribution is 5.85. The third-order valence-corrected chi connectivity index (χ3v) is 1.92. The highest BCUT2D eigenvalue weighted by atomic mass is 35.5. The first-order valence-electron chi connectivity index (χ1n) is 4.52. The fourth-order valence-electron chi connectivity index (χ4n) is 1.25. The fraction of sp³-hybridized carbons (Fsp3) is 0.400. The van der Waals surface area contributed by atoms with Crippen molar-refractivity contribution in [3.8, 4) is 5.75 Å². The molecule has 2 nitrogen and oxygen atoms in total. The van der Waals surface area contributed by atoms with E-state index in [-0.39, 0.29) is 30.3 Å². The van der Waals surface area contributed by atoms with Crippen LogP contribution >= 0.6 is 12.4 Å². The van der Waals surface area contributed by atoms with E-state index in [1.165, 1.54) is 12.1 Å². The van der Waals surface area contributed by atoms with Gasteiger partial charge in [-0.15, -0.1) is 12.4 Å². The molecule has 2 N–H and O–H groups in total. The molecule has 0 atom stereocenters.